The van der Waals surface area contributed by atoms with Crippen LogP contribution >= 0.6 is 38.9 Å². The maximum Gasteiger partial charge on any atom is 0.0704 e. The summed E-state index contributed by atoms with van der Waals surface area (Å²) < 4.78 is 1.25. The number of rotatable bonds is 3. The molecular weight excluding hydrogens is 342 g/mol. The third kappa shape index (κ3) is 3.22. The van der Waals surface area contributed by atoms with Crippen molar-refractivity contribution in [2.75, 3.05) is 0 Å². The summed E-state index contributed by atoms with van der Waals surface area (Å²) in [5.74, 6) is 0. The Morgan fingerprint density at radius 2 is 2.11 bits per heavy atom. The molecule has 0 saturated carbocycles. The standard InChI is InChI=1S/C15H15BrClNS/c16-15-8-12-13(2-1-3-14(12)19-15)18-9-10-4-6-11(17)7-5-10/h4-8,13,18H,1-3,9H2. The van der Waals surface area contributed by atoms with Gasteiger partial charge in [0.1, 0.15) is 0 Å². The van der Waals surface area contributed by atoms with Crippen molar-refractivity contribution in [1.29, 1.82) is 0 Å². The molecule has 0 bridgehead atoms. The van der Waals surface area contributed by atoms with Gasteiger partial charge in [0, 0.05) is 22.5 Å². The van der Waals surface area contributed by atoms with E-state index in [0.717, 1.165) is 11.6 Å². The van der Waals surface area contributed by atoms with Crippen molar-refractivity contribution in [3.8, 4) is 0 Å². The Balaban J connectivity index is 1.69. The van der Waals surface area contributed by atoms with Gasteiger partial charge in [-0.1, -0.05) is 23.7 Å². The fourth-order valence-corrected chi connectivity index (χ4v) is 4.52. The van der Waals surface area contributed by atoms with E-state index in [1.807, 2.05) is 23.5 Å². The van der Waals surface area contributed by atoms with Crippen LogP contribution in [0.15, 0.2) is 34.1 Å². The Morgan fingerprint density at radius 1 is 1.32 bits per heavy atom. The molecular formula is C15H15BrClNS. The van der Waals surface area contributed by atoms with E-state index < -0.39 is 0 Å². The van der Waals surface area contributed by atoms with E-state index in [9.17, 15) is 0 Å². The Morgan fingerprint density at radius 3 is 2.89 bits per heavy atom. The minimum atomic E-state index is 0.488. The minimum Gasteiger partial charge on any atom is -0.306 e. The highest BCUT2D eigenvalue weighted by Gasteiger charge is 2.21. The molecule has 1 nitrogen and oxygen atoms in total. The number of halogens is 2. The third-order valence-electron chi connectivity index (χ3n) is 3.55. The largest absolute Gasteiger partial charge is 0.306 e. The zero-order chi connectivity index (χ0) is 13.2. The van der Waals surface area contributed by atoms with Gasteiger partial charge >= 0.3 is 0 Å². The van der Waals surface area contributed by atoms with Crippen LogP contribution in [0, 0.1) is 0 Å². The summed E-state index contributed by atoms with van der Waals surface area (Å²) in [7, 11) is 0. The smallest absolute Gasteiger partial charge is 0.0704 e. The summed E-state index contributed by atoms with van der Waals surface area (Å²) >= 11 is 11.4. The lowest BCUT2D eigenvalue weighted by molar-refractivity contribution is 0.463. The second-order valence-corrected chi connectivity index (χ2v) is 7.83. The number of aryl methyl sites for hydroxylation is 1. The van der Waals surface area contributed by atoms with Crippen molar-refractivity contribution in [2.45, 2.75) is 31.8 Å². The molecule has 1 aliphatic carbocycles. The molecule has 1 aliphatic rings. The van der Waals surface area contributed by atoms with E-state index in [2.05, 4.69) is 39.4 Å². The van der Waals surface area contributed by atoms with Crippen LogP contribution in [0.5, 0.6) is 0 Å². The molecule has 1 heterocycles. The lowest BCUT2D eigenvalue weighted by atomic mass is 9.94. The molecule has 4 heteroatoms. The Kier molecular flexibility index (Phi) is 4.27. The van der Waals surface area contributed by atoms with Gasteiger partial charge in [-0.3, -0.25) is 0 Å². The van der Waals surface area contributed by atoms with E-state index >= 15 is 0 Å². The van der Waals surface area contributed by atoms with Gasteiger partial charge in [-0.25, -0.2) is 0 Å². The summed E-state index contributed by atoms with van der Waals surface area (Å²) in [5, 5.41) is 4.47. The van der Waals surface area contributed by atoms with Gasteiger partial charge in [-0.15, -0.1) is 11.3 Å². The van der Waals surface area contributed by atoms with Crippen LogP contribution in [0.3, 0.4) is 0 Å². The molecule has 0 aliphatic heterocycles. The maximum atomic E-state index is 5.91. The van der Waals surface area contributed by atoms with Crippen molar-refractivity contribution in [3.63, 3.8) is 0 Å². The van der Waals surface area contributed by atoms with Crippen LogP contribution in [-0.2, 0) is 13.0 Å². The summed E-state index contributed by atoms with van der Waals surface area (Å²) in [6.45, 7) is 0.898. The van der Waals surface area contributed by atoms with Gasteiger partial charge in [0.2, 0.25) is 0 Å². The second-order valence-electron chi connectivity index (χ2n) is 4.88. The first-order valence-corrected chi connectivity index (χ1v) is 8.47. The molecule has 3 rings (SSSR count). The van der Waals surface area contributed by atoms with Crippen molar-refractivity contribution in [2.24, 2.45) is 0 Å². The van der Waals surface area contributed by atoms with Crippen molar-refractivity contribution in [3.05, 3.63) is 55.1 Å². The molecule has 0 spiro atoms. The summed E-state index contributed by atoms with van der Waals surface area (Å²) in [6, 6.07) is 10.8. The third-order valence-corrected chi connectivity index (χ3v) is 5.52. The van der Waals surface area contributed by atoms with Crippen LogP contribution in [-0.4, -0.2) is 0 Å². The molecule has 19 heavy (non-hydrogen) atoms. The fourth-order valence-electron chi connectivity index (χ4n) is 2.58. The van der Waals surface area contributed by atoms with Gasteiger partial charge in [0.15, 0.2) is 0 Å². The van der Waals surface area contributed by atoms with Gasteiger partial charge in [0.25, 0.3) is 0 Å². The highest BCUT2D eigenvalue weighted by molar-refractivity contribution is 9.11. The topological polar surface area (TPSA) is 12.0 Å². The first kappa shape index (κ1) is 13.6. The van der Waals surface area contributed by atoms with Gasteiger partial charge in [-0.2, -0.15) is 0 Å². The summed E-state index contributed by atoms with van der Waals surface area (Å²) in [4.78, 5) is 1.53. The Hall–Kier alpha value is -0.350. The number of hydrogen-bond acceptors (Lipinski definition) is 2. The predicted octanol–water partition coefficient (Wildman–Crippen LogP) is 5.33. The molecule has 1 unspecified atom stereocenters. The van der Waals surface area contributed by atoms with Crippen LogP contribution in [0.1, 0.15) is 34.9 Å². The first-order valence-electron chi connectivity index (χ1n) is 6.48. The predicted molar refractivity (Wildman–Crippen MR) is 86.0 cm³/mol. The Labute approximate surface area is 131 Å². The summed E-state index contributed by atoms with van der Waals surface area (Å²) in [6.07, 6.45) is 3.73. The first-order chi connectivity index (χ1) is 9.22. The molecule has 1 atom stereocenters. The van der Waals surface area contributed by atoms with E-state index in [0.29, 0.717) is 6.04 Å². The maximum absolute atomic E-state index is 5.91. The van der Waals surface area contributed by atoms with Crippen LogP contribution in [0.25, 0.3) is 0 Å². The molecule has 1 N–H and O–H groups in total. The number of nitrogens with one attached hydrogen (secondary N) is 1. The van der Waals surface area contributed by atoms with E-state index in [-0.39, 0.29) is 0 Å². The van der Waals surface area contributed by atoms with E-state index in [1.54, 1.807) is 0 Å². The molecule has 100 valence electrons. The molecule has 1 aromatic heterocycles. The highest BCUT2D eigenvalue weighted by atomic mass is 79.9. The lowest BCUT2D eigenvalue weighted by Gasteiger charge is -2.23. The van der Waals surface area contributed by atoms with Crippen LogP contribution in [0.4, 0.5) is 0 Å². The monoisotopic (exact) mass is 355 g/mol. The number of hydrogen-bond donors (Lipinski definition) is 1. The molecule has 1 aromatic carbocycles. The lowest BCUT2D eigenvalue weighted by Crippen LogP contribution is -2.23. The fraction of sp³-hybridized carbons (Fsp3) is 0.333. The molecule has 2 aromatic rings. The number of fused-ring (bicyclic) bond motifs is 1. The zero-order valence-corrected chi connectivity index (χ0v) is 13.6. The van der Waals surface area contributed by atoms with E-state index in [4.69, 9.17) is 11.6 Å². The number of thiophene rings is 1. The van der Waals surface area contributed by atoms with Gasteiger partial charge < -0.3 is 5.32 Å². The zero-order valence-electron chi connectivity index (χ0n) is 10.5. The van der Waals surface area contributed by atoms with Crippen LogP contribution < -0.4 is 5.32 Å². The van der Waals surface area contributed by atoms with E-state index in [1.165, 1.54) is 39.1 Å². The Bertz CT molecular complexity index is 564. The average Bonchev–Trinajstić information content (AvgIpc) is 2.79. The van der Waals surface area contributed by atoms with Crippen LogP contribution in [0.2, 0.25) is 5.02 Å². The quantitative estimate of drug-likeness (QED) is 0.783. The number of benzene rings is 1. The van der Waals surface area contributed by atoms with Crippen molar-refractivity contribution >= 4 is 38.9 Å². The highest BCUT2D eigenvalue weighted by Crippen LogP contribution is 2.38. The molecule has 0 radical (unpaired) electrons. The summed E-state index contributed by atoms with van der Waals surface area (Å²) in [5.41, 5.74) is 2.77. The van der Waals surface area contributed by atoms with Crippen molar-refractivity contribution in [1.82, 2.24) is 5.32 Å². The SMILES string of the molecule is Clc1ccc(CNC2CCCc3sc(Br)cc32)cc1. The van der Waals surface area contributed by atoms with Gasteiger partial charge in [0.05, 0.1) is 3.79 Å². The normalized spacial score (nSPS) is 18.3. The molecule has 0 fully saturated rings. The minimum absolute atomic E-state index is 0.488. The second kappa shape index (κ2) is 5.96. The van der Waals surface area contributed by atoms with Crippen molar-refractivity contribution < 1.29 is 0 Å². The molecule has 0 saturated heterocycles. The average molecular weight is 357 g/mol. The van der Waals surface area contributed by atoms with Gasteiger partial charge in [-0.05, 0) is 64.5 Å². The molecule has 0 amide bonds.